The van der Waals surface area contributed by atoms with E-state index in [1.807, 2.05) is 0 Å². The lowest BCUT2D eigenvalue weighted by Gasteiger charge is -1.94. The van der Waals surface area contributed by atoms with Gasteiger partial charge in [0.25, 0.3) is 0 Å². The summed E-state index contributed by atoms with van der Waals surface area (Å²) in [6, 6.07) is 0. The van der Waals surface area contributed by atoms with Gasteiger partial charge in [-0.15, -0.1) is 0 Å². The molecule has 0 saturated carbocycles. The molecule has 1 heterocycles. The van der Waals surface area contributed by atoms with Crippen LogP contribution in [0.4, 0.5) is 0 Å². The zero-order chi connectivity index (χ0) is 8.48. The summed E-state index contributed by atoms with van der Waals surface area (Å²) in [7, 11) is -2.98. The molecule has 0 bridgehead atoms. The Hall–Kier alpha value is -0.490. The first-order valence-electron chi connectivity index (χ1n) is 2.95. The molecule has 0 radical (unpaired) electrons. The van der Waals surface area contributed by atoms with Gasteiger partial charge in [0, 0.05) is 10.3 Å². The molecule has 0 spiro atoms. The zero-order valence-electron chi connectivity index (χ0n) is 5.70. The number of sulfone groups is 1. The highest BCUT2D eigenvalue weighted by molar-refractivity contribution is 8.17. The van der Waals surface area contributed by atoms with Crippen LogP contribution in [0.5, 0.6) is 0 Å². The molecule has 6 heteroatoms. The Morgan fingerprint density at radius 3 is 2.73 bits per heavy atom. The molecule has 1 aliphatic heterocycles. The summed E-state index contributed by atoms with van der Waals surface area (Å²) < 4.78 is 21.6. The number of hydrogen-bond donors (Lipinski definition) is 2. The zero-order valence-corrected chi connectivity index (χ0v) is 7.33. The van der Waals surface area contributed by atoms with Crippen molar-refractivity contribution >= 4 is 26.8 Å². The van der Waals surface area contributed by atoms with Crippen molar-refractivity contribution in [1.82, 2.24) is 0 Å². The van der Waals surface area contributed by atoms with Crippen LogP contribution < -0.4 is 5.73 Å². The fourth-order valence-corrected chi connectivity index (χ4v) is 3.17. The molecule has 0 fully saturated rings. The quantitative estimate of drug-likeness (QED) is 0.461. The molecule has 0 saturated heterocycles. The van der Waals surface area contributed by atoms with Crippen LogP contribution in [0.3, 0.4) is 0 Å². The van der Waals surface area contributed by atoms with Gasteiger partial charge >= 0.3 is 0 Å². The predicted molar refractivity (Wildman–Crippen MR) is 46.0 cm³/mol. The van der Waals surface area contributed by atoms with Gasteiger partial charge in [-0.1, -0.05) is 11.8 Å². The highest BCUT2D eigenvalue weighted by atomic mass is 32.2. The molecule has 11 heavy (non-hydrogen) atoms. The molecule has 1 rings (SSSR count). The van der Waals surface area contributed by atoms with Gasteiger partial charge < -0.3 is 5.73 Å². The molecule has 4 nitrogen and oxygen atoms in total. The normalized spacial score (nSPS) is 21.3. The van der Waals surface area contributed by atoms with Gasteiger partial charge in [0.15, 0.2) is 15.0 Å². The number of amidine groups is 1. The number of allylic oxidation sites excluding steroid dienone is 1. The van der Waals surface area contributed by atoms with Gasteiger partial charge in [0.1, 0.15) is 0 Å². The molecular weight excluding hydrogens is 184 g/mol. The van der Waals surface area contributed by atoms with Crippen LogP contribution in [0.25, 0.3) is 0 Å². The van der Waals surface area contributed by atoms with E-state index in [1.165, 1.54) is 5.41 Å². The molecule has 62 valence electrons. The van der Waals surface area contributed by atoms with Crippen molar-refractivity contribution in [2.45, 2.75) is 6.42 Å². The van der Waals surface area contributed by atoms with Crippen LogP contribution in [0, 0.1) is 5.41 Å². The minimum Gasteiger partial charge on any atom is -0.378 e. The van der Waals surface area contributed by atoms with E-state index >= 15 is 0 Å². The number of nitrogens with two attached hydrogens (primary N) is 1. The van der Waals surface area contributed by atoms with Gasteiger partial charge in [-0.05, 0) is 6.42 Å². The van der Waals surface area contributed by atoms with Crippen molar-refractivity contribution in [2.75, 3.05) is 5.75 Å². The maximum atomic E-state index is 10.8. The molecule has 0 atom stereocenters. The van der Waals surface area contributed by atoms with E-state index in [0.717, 1.165) is 11.8 Å². The number of thioether (sulfide) groups is 1. The Bertz CT molecular complexity index is 304. The molecule has 0 amide bonds. The van der Waals surface area contributed by atoms with Crippen molar-refractivity contribution in [3.63, 3.8) is 0 Å². The van der Waals surface area contributed by atoms with Crippen LogP contribution >= 0.6 is 11.8 Å². The highest BCUT2D eigenvalue weighted by Crippen LogP contribution is 2.26. The lowest BCUT2D eigenvalue weighted by Crippen LogP contribution is -2.03. The summed E-state index contributed by atoms with van der Waals surface area (Å²) in [6.07, 6.45) is 0.493. The Balaban J connectivity index is 2.71. The van der Waals surface area contributed by atoms with Crippen molar-refractivity contribution in [1.29, 1.82) is 5.41 Å². The van der Waals surface area contributed by atoms with Gasteiger partial charge in [-0.3, -0.25) is 5.41 Å². The summed E-state index contributed by atoms with van der Waals surface area (Å²) in [4.78, 5) is 0.664. The summed E-state index contributed by atoms with van der Waals surface area (Å²) in [5.74, 6) is 0.155. The molecule has 0 aromatic carbocycles. The van der Waals surface area contributed by atoms with E-state index in [9.17, 15) is 8.42 Å². The molecule has 1 aliphatic rings. The second kappa shape index (κ2) is 2.86. The lowest BCUT2D eigenvalue weighted by molar-refractivity contribution is 0.606. The Labute approximate surface area is 69.3 Å². The van der Waals surface area contributed by atoms with Crippen molar-refractivity contribution in [3.8, 4) is 0 Å². The third-order valence-electron chi connectivity index (χ3n) is 1.19. The van der Waals surface area contributed by atoms with Crippen LogP contribution in [0.2, 0.25) is 0 Å². The van der Waals surface area contributed by atoms with E-state index in [-0.39, 0.29) is 10.9 Å². The van der Waals surface area contributed by atoms with Crippen LogP contribution in [0.1, 0.15) is 6.42 Å². The first kappa shape index (κ1) is 8.61. The number of hydrogen-bond acceptors (Lipinski definition) is 4. The average Bonchev–Trinajstić information content (AvgIpc) is 2.08. The van der Waals surface area contributed by atoms with Crippen LogP contribution in [0.15, 0.2) is 10.3 Å². The molecule has 0 aromatic heterocycles. The topological polar surface area (TPSA) is 84.0 Å². The van der Waals surface area contributed by atoms with Gasteiger partial charge in [0.2, 0.25) is 0 Å². The summed E-state index contributed by atoms with van der Waals surface area (Å²) in [5, 5.41) is 8.03. The van der Waals surface area contributed by atoms with Crippen molar-refractivity contribution in [3.05, 3.63) is 10.3 Å². The molecule has 3 N–H and O–H groups in total. The maximum Gasteiger partial charge on any atom is 0.172 e. The summed E-state index contributed by atoms with van der Waals surface area (Å²) in [6.45, 7) is 0. The van der Waals surface area contributed by atoms with Crippen molar-refractivity contribution < 1.29 is 8.42 Å². The summed E-state index contributed by atoms with van der Waals surface area (Å²) >= 11 is 1.01. The van der Waals surface area contributed by atoms with E-state index in [1.54, 1.807) is 0 Å². The molecule has 0 aliphatic carbocycles. The second-order valence-electron chi connectivity index (χ2n) is 2.17. The molecule has 0 aromatic rings. The van der Waals surface area contributed by atoms with Gasteiger partial charge in [-0.2, -0.15) is 0 Å². The largest absolute Gasteiger partial charge is 0.378 e. The third-order valence-corrected chi connectivity index (χ3v) is 3.56. The molecular formula is C5H8N2O2S2. The SMILES string of the molecule is N=C(N)SC1=CS(=O)(=O)CC1. The Morgan fingerprint density at radius 2 is 2.36 bits per heavy atom. The minimum atomic E-state index is -2.98. The predicted octanol–water partition coefficient (Wildman–Crippen LogP) is 0.273. The fourth-order valence-electron chi connectivity index (χ4n) is 0.777. The minimum absolute atomic E-state index is 0.0617. The fraction of sp³-hybridized carbons (Fsp3) is 0.400. The molecule has 0 unspecified atom stereocenters. The Morgan fingerprint density at radius 1 is 1.73 bits per heavy atom. The number of nitrogens with one attached hydrogen (secondary N) is 1. The van der Waals surface area contributed by atoms with Gasteiger partial charge in [-0.25, -0.2) is 8.42 Å². The standard InChI is InChI=1S/C5H8N2O2S2/c6-5(7)10-4-1-2-11(8,9)3-4/h3H,1-2H2,(H3,6,7). The number of rotatable bonds is 1. The van der Waals surface area contributed by atoms with E-state index < -0.39 is 9.84 Å². The first-order chi connectivity index (χ1) is 4.99. The third kappa shape index (κ3) is 2.55. The van der Waals surface area contributed by atoms with Gasteiger partial charge in [0.05, 0.1) is 5.75 Å². The van der Waals surface area contributed by atoms with E-state index in [4.69, 9.17) is 11.1 Å². The smallest absolute Gasteiger partial charge is 0.172 e. The van der Waals surface area contributed by atoms with E-state index in [2.05, 4.69) is 0 Å². The summed E-state index contributed by atoms with van der Waals surface area (Å²) in [5.41, 5.74) is 5.07. The van der Waals surface area contributed by atoms with E-state index in [0.29, 0.717) is 11.3 Å². The monoisotopic (exact) mass is 192 g/mol. The maximum absolute atomic E-state index is 10.8. The Kier molecular flexibility index (Phi) is 2.24. The lowest BCUT2D eigenvalue weighted by atomic mass is 10.5. The first-order valence-corrected chi connectivity index (χ1v) is 5.48. The highest BCUT2D eigenvalue weighted by Gasteiger charge is 2.18. The van der Waals surface area contributed by atoms with Crippen LogP contribution in [-0.2, 0) is 9.84 Å². The second-order valence-corrected chi connectivity index (χ2v) is 5.31. The van der Waals surface area contributed by atoms with Crippen molar-refractivity contribution in [2.24, 2.45) is 5.73 Å². The average molecular weight is 192 g/mol. The van der Waals surface area contributed by atoms with Crippen LogP contribution in [-0.4, -0.2) is 19.3 Å².